The predicted molar refractivity (Wildman–Crippen MR) is 110 cm³/mol. The fraction of sp³-hybridized carbons (Fsp3) is 0.409. The number of sulfone groups is 1. The number of hydrogen-bond acceptors (Lipinski definition) is 4. The van der Waals surface area contributed by atoms with Crippen LogP contribution in [0.1, 0.15) is 30.0 Å². The lowest BCUT2D eigenvalue weighted by Crippen LogP contribution is -2.46. The Balaban J connectivity index is 1.84. The van der Waals surface area contributed by atoms with Gasteiger partial charge < -0.3 is 9.64 Å². The van der Waals surface area contributed by atoms with Gasteiger partial charge in [-0.1, -0.05) is 24.3 Å². The highest BCUT2D eigenvalue weighted by molar-refractivity contribution is 7.91. The van der Waals surface area contributed by atoms with Gasteiger partial charge in [-0.2, -0.15) is 0 Å². The first-order chi connectivity index (χ1) is 13.6. The molecule has 3 rings (SSSR count). The van der Waals surface area contributed by atoms with Gasteiger partial charge in [0.1, 0.15) is 11.6 Å². The number of halogens is 1. The van der Waals surface area contributed by atoms with Crippen LogP contribution in [0.3, 0.4) is 0 Å². The summed E-state index contributed by atoms with van der Waals surface area (Å²) in [6.07, 6.45) is -0.481. The minimum atomic E-state index is -3.20. The number of amides is 1. The van der Waals surface area contributed by atoms with E-state index in [4.69, 9.17) is 4.74 Å². The maximum absolute atomic E-state index is 14.2. The van der Waals surface area contributed by atoms with Gasteiger partial charge >= 0.3 is 0 Å². The third kappa shape index (κ3) is 5.35. The maximum Gasteiger partial charge on any atom is 0.263 e. The first-order valence-corrected chi connectivity index (χ1v) is 11.5. The summed E-state index contributed by atoms with van der Waals surface area (Å²) in [4.78, 5) is 14.7. The van der Waals surface area contributed by atoms with Crippen LogP contribution in [0.25, 0.3) is 0 Å². The van der Waals surface area contributed by atoms with Gasteiger partial charge in [-0.05, 0) is 56.5 Å². The smallest absolute Gasteiger partial charge is 0.263 e. The van der Waals surface area contributed by atoms with Crippen molar-refractivity contribution in [2.45, 2.75) is 45.9 Å². The van der Waals surface area contributed by atoms with E-state index in [1.54, 1.807) is 25.1 Å². The molecule has 0 bridgehead atoms. The molecule has 0 N–H and O–H groups in total. The molecule has 5 nitrogen and oxygen atoms in total. The summed E-state index contributed by atoms with van der Waals surface area (Å²) in [5, 5.41) is 0. The summed E-state index contributed by atoms with van der Waals surface area (Å²) in [6, 6.07) is 11.4. The van der Waals surface area contributed by atoms with Crippen molar-refractivity contribution in [3.8, 4) is 5.75 Å². The molecule has 1 aliphatic heterocycles. The topological polar surface area (TPSA) is 63.7 Å². The van der Waals surface area contributed by atoms with Gasteiger partial charge in [-0.25, -0.2) is 12.8 Å². The number of carbonyl (C=O) groups is 1. The van der Waals surface area contributed by atoms with Crippen LogP contribution in [-0.4, -0.2) is 42.9 Å². The van der Waals surface area contributed by atoms with Crippen molar-refractivity contribution in [3.05, 3.63) is 65.0 Å². The molecule has 1 saturated heterocycles. The SMILES string of the molecule is Cc1cc(C)cc(O[C@@H](C)C(=O)N(Cc2ccccc2F)[C@@H]2CCS(=O)(=O)C2)c1. The Kier molecular flexibility index (Phi) is 6.27. The predicted octanol–water partition coefficient (Wildman–Crippen LogP) is 3.43. The average Bonchev–Trinajstić information content (AvgIpc) is 2.99. The highest BCUT2D eigenvalue weighted by Crippen LogP contribution is 2.24. The molecule has 1 heterocycles. The molecule has 7 heteroatoms. The Morgan fingerprint density at radius 1 is 1.21 bits per heavy atom. The summed E-state index contributed by atoms with van der Waals surface area (Å²) in [7, 11) is -3.20. The second-order valence-corrected chi connectivity index (χ2v) is 9.93. The zero-order chi connectivity index (χ0) is 21.2. The van der Waals surface area contributed by atoms with Crippen LogP contribution in [0.5, 0.6) is 5.75 Å². The number of rotatable bonds is 6. The lowest BCUT2D eigenvalue weighted by molar-refractivity contribution is -0.140. The van der Waals surface area contributed by atoms with Crippen LogP contribution in [0.2, 0.25) is 0 Å². The largest absolute Gasteiger partial charge is 0.481 e. The van der Waals surface area contributed by atoms with Crippen molar-refractivity contribution < 1.29 is 22.3 Å². The number of hydrogen-bond donors (Lipinski definition) is 0. The number of benzene rings is 2. The van der Waals surface area contributed by atoms with Crippen molar-refractivity contribution in [2.75, 3.05) is 11.5 Å². The van der Waals surface area contributed by atoms with Crippen LogP contribution in [0.4, 0.5) is 4.39 Å². The van der Waals surface area contributed by atoms with Crippen LogP contribution in [0.15, 0.2) is 42.5 Å². The molecule has 2 aromatic rings. The Morgan fingerprint density at radius 3 is 2.45 bits per heavy atom. The van der Waals surface area contributed by atoms with Crippen molar-refractivity contribution >= 4 is 15.7 Å². The third-order valence-corrected chi connectivity index (χ3v) is 6.84. The molecule has 0 spiro atoms. The molecule has 1 amide bonds. The van der Waals surface area contributed by atoms with E-state index >= 15 is 0 Å². The molecule has 29 heavy (non-hydrogen) atoms. The molecule has 0 aromatic heterocycles. The average molecular weight is 420 g/mol. The molecule has 1 fully saturated rings. The number of aryl methyl sites for hydroxylation is 2. The van der Waals surface area contributed by atoms with Gasteiger partial charge in [0, 0.05) is 18.2 Å². The number of ether oxygens (including phenoxy) is 1. The van der Waals surface area contributed by atoms with Gasteiger partial charge in [-0.15, -0.1) is 0 Å². The molecule has 2 atom stereocenters. The third-order valence-electron chi connectivity index (χ3n) is 5.09. The summed E-state index contributed by atoms with van der Waals surface area (Å²) < 4.78 is 44.0. The van der Waals surface area contributed by atoms with Gasteiger partial charge in [0.25, 0.3) is 5.91 Å². The Morgan fingerprint density at radius 2 is 1.86 bits per heavy atom. The molecular formula is C22H26FNO4S. The van der Waals surface area contributed by atoms with E-state index < -0.39 is 27.8 Å². The van der Waals surface area contributed by atoms with Crippen LogP contribution >= 0.6 is 0 Å². The van der Waals surface area contributed by atoms with E-state index in [0.717, 1.165) is 11.1 Å². The second-order valence-electron chi connectivity index (χ2n) is 7.70. The van der Waals surface area contributed by atoms with E-state index in [-0.39, 0.29) is 24.0 Å². The molecule has 2 aromatic carbocycles. The summed E-state index contributed by atoms with van der Waals surface area (Å²) in [6.45, 7) is 5.53. The zero-order valence-corrected chi connectivity index (χ0v) is 17.7. The molecule has 0 aliphatic carbocycles. The fourth-order valence-electron chi connectivity index (χ4n) is 3.71. The van der Waals surface area contributed by atoms with Crippen LogP contribution in [-0.2, 0) is 21.2 Å². The minimum Gasteiger partial charge on any atom is -0.481 e. The zero-order valence-electron chi connectivity index (χ0n) is 16.9. The lowest BCUT2D eigenvalue weighted by atomic mass is 10.1. The van der Waals surface area contributed by atoms with Crippen molar-refractivity contribution in [1.29, 1.82) is 0 Å². The van der Waals surface area contributed by atoms with Gasteiger partial charge in [0.15, 0.2) is 15.9 Å². The van der Waals surface area contributed by atoms with E-state index in [1.165, 1.54) is 11.0 Å². The van der Waals surface area contributed by atoms with E-state index in [2.05, 4.69) is 0 Å². The minimum absolute atomic E-state index is 0.00619. The summed E-state index contributed by atoms with van der Waals surface area (Å²) >= 11 is 0. The standard InChI is InChI=1S/C22H26FNO4S/c1-15-10-16(2)12-20(11-15)28-17(3)22(25)24(19-8-9-29(26,27)14-19)13-18-6-4-5-7-21(18)23/h4-7,10-12,17,19H,8-9,13-14H2,1-3H3/t17-,19+/m0/s1. The molecule has 0 radical (unpaired) electrons. The highest BCUT2D eigenvalue weighted by Gasteiger charge is 2.37. The van der Waals surface area contributed by atoms with Gasteiger partial charge in [-0.3, -0.25) is 4.79 Å². The maximum atomic E-state index is 14.2. The Labute approximate surface area is 171 Å². The van der Waals surface area contributed by atoms with E-state index in [1.807, 2.05) is 32.0 Å². The van der Waals surface area contributed by atoms with E-state index in [0.29, 0.717) is 17.7 Å². The monoisotopic (exact) mass is 419 g/mol. The van der Waals surface area contributed by atoms with Gasteiger partial charge in [0.2, 0.25) is 0 Å². The summed E-state index contributed by atoms with van der Waals surface area (Å²) in [5.74, 6) is -0.272. The fourth-order valence-corrected chi connectivity index (χ4v) is 5.44. The molecule has 0 saturated carbocycles. The summed E-state index contributed by atoms with van der Waals surface area (Å²) in [5.41, 5.74) is 2.39. The number of carbonyl (C=O) groups excluding carboxylic acids is 1. The van der Waals surface area contributed by atoms with Crippen molar-refractivity contribution in [2.24, 2.45) is 0 Å². The second kappa shape index (κ2) is 8.53. The van der Waals surface area contributed by atoms with E-state index in [9.17, 15) is 17.6 Å². The van der Waals surface area contributed by atoms with Crippen LogP contribution in [0, 0.1) is 19.7 Å². The lowest BCUT2D eigenvalue weighted by Gasteiger charge is -2.31. The molecular weight excluding hydrogens is 393 g/mol. The number of nitrogens with zero attached hydrogens (tertiary/aromatic N) is 1. The normalized spacial score (nSPS) is 19.0. The molecule has 0 unspecified atom stereocenters. The molecule has 1 aliphatic rings. The van der Waals surface area contributed by atoms with Crippen LogP contribution < -0.4 is 4.74 Å². The first kappa shape index (κ1) is 21.3. The Bertz CT molecular complexity index is 985. The van der Waals surface area contributed by atoms with Crippen molar-refractivity contribution in [3.63, 3.8) is 0 Å². The first-order valence-electron chi connectivity index (χ1n) is 9.64. The van der Waals surface area contributed by atoms with Gasteiger partial charge in [0.05, 0.1) is 11.5 Å². The Hall–Kier alpha value is -2.41. The highest BCUT2D eigenvalue weighted by atomic mass is 32.2. The quantitative estimate of drug-likeness (QED) is 0.720. The molecule has 156 valence electrons. The van der Waals surface area contributed by atoms with Crippen molar-refractivity contribution in [1.82, 2.24) is 4.90 Å².